The van der Waals surface area contributed by atoms with Gasteiger partial charge in [0.25, 0.3) is 5.91 Å². The first-order valence-corrected chi connectivity index (χ1v) is 9.32. The molecule has 1 fully saturated rings. The van der Waals surface area contributed by atoms with Crippen molar-refractivity contribution in [1.82, 2.24) is 9.47 Å². The van der Waals surface area contributed by atoms with Gasteiger partial charge in [-0.05, 0) is 24.5 Å². The number of morpholine rings is 1. The van der Waals surface area contributed by atoms with Crippen molar-refractivity contribution in [2.75, 3.05) is 26.3 Å². The van der Waals surface area contributed by atoms with E-state index in [1.165, 1.54) is 5.56 Å². The molecule has 1 aliphatic heterocycles. The van der Waals surface area contributed by atoms with Gasteiger partial charge in [0.05, 0.1) is 18.8 Å². The van der Waals surface area contributed by atoms with Gasteiger partial charge in [0, 0.05) is 36.7 Å². The molecule has 2 heterocycles. The van der Waals surface area contributed by atoms with Crippen molar-refractivity contribution in [3.05, 3.63) is 71.9 Å². The fourth-order valence-electron chi connectivity index (χ4n) is 3.64. The standard InChI is InChI=1S/C22H24N2O2/c25-22(23-13-15-26-16-14-23)20-17-24(21-11-5-4-10-19(20)21)12-6-9-18-7-2-1-3-8-18/h1-5,7-8,10-11,17H,6,9,12-16H2. The molecule has 0 bridgehead atoms. The van der Waals surface area contributed by atoms with Crippen molar-refractivity contribution < 1.29 is 9.53 Å². The van der Waals surface area contributed by atoms with Crippen LogP contribution in [0.15, 0.2) is 60.8 Å². The zero-order valence-electron chi connectivity index (χ0n) is 14.9. The van der Waals surface area contributed by atoms with Gasteiger partial charge < -0.3 is 14.2 Å². The van der Waals surface area contributed by atoms with Gasteiger partial charge in [-0.3, -0.25) is 4.79 Å². The molecule has 0 unspecified atom stereocenters. The number of aryl methyl sites for hydroxylation is 2. The molecule has 0 atom stereocenters. The normalized spacial score (nSPS) is 14.7. The van der Waals surface area contributed by atoms with Gasteiger partial charge in [-0.2, -0.15) is 0 Å². The summed E-state index contributed by atoms with van der Waals surface area (Å²) < 4.78 is 7.60. The van der Waals surface area contributed by atoms with E-state index in [0.717, 1.165) is 35.9 Å². The quantitative estimate of drug-likeness (QED) is 0.704. The molecule has 1 aliphatic rings. The number of carbonyl (C=O) groups is 1. The largest absolute Gasteiger partial charge is 0.378 e. The van der Waals surface area contributed by atoms with Crippen LogP contribution >= 0.6 is 0 Å². The van der Waals surface area contributed by atoms with E-state index in [1.54, 1.807) is 0 Å². The number of rotatable bonds is 5. The summed E-state index contributed by atoms with van der Waals surface area (Å²) in [5.41, 5.74) is 3.30. The van der Waals surface area contributed by atoms with E-state index in [9.17, 15) is 4.79 Å². The van der Waals surface area contributed by atoms with Gasteiger partial charge in [0.2, 0.25) is 0 Å². The molecule has 4 nitrogen and oxygen atoms in total. The van der Waals surface area contributed by atoms with E-state index in [2.05, 4.69) is 41.0 Å². The zero-order chi connectivity index (χ0) is 17.8. The Morgan fingerprint density at radius 2 is 1.69 bits per heavy atom. The number of hydrogen-bond donors (Lipinski definition) is 0. The Bertz CT molecular complexity index is 880. The lowest BCUT2D eigenvalue weighted by atomic mass is 10.1. The van der Waals surface area contributed by atoms with Crippen LogP contribution in [0.2, 0.25) is 0 Å². The van der Waals surface area contributed by atoms with Crippen molar-refractivity contribution >= 4 is 16.8 Å². The first-order chi connectivity index (χ1) is 12.8. The minimum atomic E-state index is 0.117. The summed E-state index contributed by atoms with van der Waals surface area (Å²) in [6, 6.07) is 18.8. The topological polar surface area (TPSA) is 34.5 Å². The smallest absolute Gasteiger partial charge is 0.256 e. The molecule has 26 heavy (non-hydrogen) atoms. The summed E-state index contributed by atoms with van der Waals surface area (Å²) in [4.78, 5) is 14.9. The Hall–Kier alpha value is -2.59. The zero-order valence-corrected chi connectivity index (χ0v) is 14.9. The SMILES string of the molecule is O=C(c1cn(CCCc2ccccc2)c2ccccc12)N1CCOCC1. The number of benzene rings is 2. The van der Waals surface area contributed by atoms with E-state index in [-0.39, 0.29) is 5.91 Å². The van der Waals surface area contributed by atoms with E-state index in [0.29, 0.717) is 26.3 Å². The molecule has 3 aromatic rings. The number of hydrogen-bond acceptors (Lipinski definition) is 2. The van der Waals surface area contributed by atoms with Gasteiger partial charge in [-0.15, -0.1) is 0 Å². The second-order valence-electron chi connectivity index (χ2n) is 6.75. The highest BCUT2D eigenvalue weighted by atomic mass is 16.5. The fraction of sp³-hybridized carbons (Fsp3) is 0.318. The summed E-state index contributed by atoms with van der Waals surface area (Å²) in [6.07, 6.45) is 4.13. The van der Waals surface area contributed by atoms with Gasteiger partial charge in [-0.25, -0.2) is 0 Å². The van der Waals surface area contributed by atoms with Crippen LogP contribution in [0, 0.1) is 0 Å². The summed E-state index contributed by atoms with van der Waals surface area (Å²) in [5, 5.41) is 1.05. The Morgan fingerprint density at radius 3 is 2.50 bits per heavy atom. The third-order valence-corrected chi connectivity index (χ3v) is 5.02. The predicted octanol–water partition coefficient (Wildman–Crippen LogP) is 3.75. The highest BCUT2D eigenvalue weighted by molar-refractivity contribution is 6.07. The molecule has 2 aromatic carbocycles. The van der Waals surface area contributed by atoms with Gasteiger partial charge >= 0.3 is 0 Å². The van der Waals surface area contributed by atoms with Gasteiger partial charge in [0.1, 0.15) is 0 Å². The maximum Gasteiger partial charge on any atom is 0.256 e. The number of aromatic nitrogens is 1. The average Bonchev–Trinajstić information content (AvgIpc) is 3.08. The number of ether oxygens (including phenoxy) is 1. The molecule has 4 heteroatoms. The van der Waals surface area contributed by atoms with Crippen molar-refractivity contribution in [1.29, 1.82) is 0 Å². The number of fused-ring (bicyclic) bond motifs is 1. The van der Waals surface area contributed by atoms with Crippen molar-refractivity contribution in [2.45, 2.75) is 19.4 Å². The van der Waals surface area contributed by atoms with Crippen molar-refractivity contribution in [3.8, 4) is 0 Å². The second-order valence-corrected chi connectivity index (χ2v) is 6.75. The number of amides is 1. The molecule has 1 amide bonds. The van der Waals surface area contributed by atoms with E-state index >= 15 is 0 Å². The van der Waals surface area contributed by atoms with Crippen LogP contribution in [0.5, 0.6) is 0 Å². The summed E-state index contributed by atoms with van der Waals surface area (Å²) in [6.45, 7) is 3.51. The van der Waals surface area contributed by atoms with Crippen LogP contribution in [0.1, 0.15) is 22.3 Å². The molecule has 1 saturated heterocycles. The lowest BCUT2D eigenvalue weighted by Gasteiger charge is -2.26. The molecule has 0 radical (unpaired) electrons. The summed E-state index contributed by atoms with van der Waals surface area (Å²) in [7, 11) is 0. The molecule has 134 valence electrons. The van der Waals surface area contributed by atoms with E-state index in [4.69, 9.17) is 4.74 Å². The molecular weight excluding hydrogens is 324 g/mol. The van der Waals surface area contributed by atoms with Crippen LogP contribution in [0.25, 0.3) is 10.9 Å². The summed E-state index contributed by atoms with van der Waals surface area (Å²) >= 11 is 0. The molecule has 4 rings (SSSR count). The fourth-order valence-corrected chi connectivity index (χ4v) is 3.64. The van der Waals surface area contributed by atoms with Crippen molar-refractivity contribution in [2.24, 2.45) is 0 Å². The highest BCUT2D eigenvalue weighted by Gasteiger charge is 2.22. The third-order valence-electron chi connectivity index (χ3n) is 5.02. The van der Waals surface area contributed by atoms with E-state index < -0.39 is 0 Å². The van der Waals surface area contributed by atoms with Crippen LogP contribution < -0.4 is 0 Å². The lowest BCUT2D eigenvalue weighted by molar-refractivity contribution is 0.0304. The van der Waals surface area contributed by atoms with Crippen molar-refractivity contribution in [3.63, 3.8) is 0 Å². The Labute approximate surface area is 154 Å². The maximum atomic E-state index is 13.0. The molecule has 0 aliphatic carbocycles. The first kappa shape index (κ1) is 16.9. The van der Waals surface area contributed by atoms with Crippen LogP contribution in [0.4, 0.5) is 0 Å². The molecule has 0 spiro atoms. The van der Waals surface area contributed by atoms with E-state index in [1.807, 2.05) is 29.3 Å². The summed E-state index contributed by atoms with van der Waals surface area (Å²) in [5.74, 6) is 0.117. The van der Waals surface area contributed by atoms with Crippen LogP contribution in [-0.2, 0) is 17.7 Å². The Morgan fingerprint density at radius 1 is 0.962 bits per heavy atom. The monoisotopic (exact) mass is 348 g/mol. The highest BCUT2D eigenvalue weighted by Crippen LogP contribution is 2.23. The minimum Gasteiger partial charge on any atom is -0.378 e. The molecule has 0 saturated carbocycles. The van der Waals surface area contributed by atoms with Crippen LogP contribution in [0.3, 0.4) is 0 Å². The maximum absolute atomic E-state index is 13.0. The average molecular weight is 348 g/mol. The van der Waals surface area contributed by atoms with Gasteiger partial charge in [0.15, 0.2) is 0 Å². The molecule has 1 aromatic heterocycles. The minimum absolute atomic E-state index is 0.117. The second kappa shape index (κ2) is 7.75. The third kappa shape index (κ3) is 3.51. The predicted molar refractivity (Wildman–Crippen MR) is 103 cm³/mol. The number of carbonyl (C=O) groups excluding carboxylic acids is 1. The number of para-hydroxylation sites is 1. The Kier molecular flexibility index (Phi) is 5.02. The van der Waals surface area contributed by atoms with Crippen LogP contribution in [-0.4, -0.2) is 41.7 Å². The lowest BCUT2D eigenvalue weighted by Crippen LogP contribution is -2.40. The number of nitrogens with zero attached hydrogens (tertiary/aromatic N) is 2. The molecule has 0 N–H and O–H groups in total. The molecular formula is C22H24N2O2. The Balaban J connectivity index is 1.54. The first-order valence-electron chi connectivity index (χ1n) is 9.32. The van der Waals surface area contributed by atoms with Gasteiger partial charge in [-0.1, -0.05) is 48.5 Å².